The van der Waals surface area contributed by atoms with Crippen LogP contribution in [-0.4, -0.2) is 56.0 Å². The molecular weight excluding hydrogens is 417 g/mol. The number of likely N-dealkylation sites (N-methyl/N-ethyl adjacent to an activating group) is 1. The van der Waals surface area contributed by atoms with Crippen LogP contribution in [0.1, 0.15) is 22.3 Å². The zero-order chi connectivity index (χ0) is 23.2. The van der Waals surface area contributed by atoms with Crippen molar-refractivity contribution < 1.29 is 13.9 Å². The highest BCUT2D eigenvalue weighted by atomic mass is 19.1. The van der Waals surface area contributed by atoms with Gasteiger partial charge in [-0.05, 0) is 80.1 Å². The molecule has 1 amide bonds. The maximum Gasteiger partial charge on any atom is 0.255 e. The van der Waals surface area contributed by atoms with Crippen LogP contribution in [0.2, 0.25) is 0 Å². The highest BCUT2D eigenvalue weighted by Gasteiger charge is 2.15. The molecule has 0 aliphatic carbocycles. The van der Waals surface area contributed by atoms with Gasteiger partial charge in [0.1, 0.15) is 11.6 Å². The number of methoxy groups -OCH3 is 1. The lowest BCUT2D eigenvalue weighted by molar-refractivity contribution is 0.102. The Morgan fingerprint density at radius 2 is 1.76 bits per heavy atom. The van der Waals surface area contributed by atoms with Crippen LogP contribution in [0, 0.1) is 5.82 Å². The number of nitrogens with zero attached hydrogens (tertiary/aromatic N) is 2. The Bertz CT molecular complexity index is 1100. The maximum atomic E-state index is 13.4. The normalized spacial score (nSPS) is 15.1. The van der Waals surface area contributed by atoms with E-state index >= 15 is 0 Å². The molecule has 3 aromatic rings. The van der Waals surface area contributed by atoms with Crippen molar-refractivity contribution in [3.8, 4) is 16.9 Å². The van der Waals surface area contributed by atoms with Gasteiger partial charge in [0.2, 0.25) is 0 Å². The first-order chi connectivity index (χ1) is 16.0. The van der Waals surface area contributed by atoms with Gasteiger partial charge in [0, 0.05) is 36.4 Å². The Kier molecular flexibility index (Phi) is 7.37. The third-order valence-corrected chi connectivity index (χ3v) is 6.05. The molecule has 172 valence electrons. The Morgan fingerprint density at radius 3 is 2.52 bits per heavy atom. The molecule has 33 heavy (non-hydrogen) atoms. The molecule has 1 fully saturated rings. The van der Waals surface area contributed by atoms with Crippen LogP contribution in [0.4, 0.5) is 10.1 Å². The minimum Gasteiger partial charge on any atom is -0.496 e. The van der Waals surface area contributed by atoms with Crippen LogP contribution in [0.5, 0.6) is 5.75 Å². The highest BCUT2D eigenvalue weighted by molar-refractivity contribution is 6.04. The Hall–Kier alpha value is -3.22. The predicted molar refractivity (Wildman–Crippen MR) is 130 cm³/mol. The number of carbonyl (C=O) groups is 1. The summed E-state index contributed by atoms with van der Waals surface area (Å²) in [5.41, 5.74) is 4.27. The van der Waals surface area contributed by atoms with Gasteiger partial charge in [-0.15, -0.1) is 0 Å². The van der Waals surface area contributed by atoms with Crippen molar-refractivity contribution in [1.29, 1.82) is 0 Å². The van der Waals surface area contributed by atoms with Crippen molar-refractivity contribution in [1.82, 2.24) is 9.80 Å². The molecule has 3 aromatic carbocycles. The summed E-state index contributed by atoms with van der Waals surface area (Å²) in [6, 6.07) is 19.6. The standard InChI is InChI=1S/C27H30FN3O2/c1-30-13-4-14-31(16-15-30)19-23-17-21(9-12-26(23)33-2)20-7-10-25(11-8-20)29-27(32)22-5-3-6-24(28)18-22/h3,5-12,17-18H,4,13-16,19H2,1-2H3,(H,29,32). The quantitative estimate of drug-likeness (QED) is 0.584. The van der Waals surface area contributed by atoms with E-state index in [9.17, 15) is 9.18 Å². The van der Waals surface area contributed by atoms with Gasteiger partial charge in [-0.25, -0.2) is 4.39 Å². The van der Waals surface area contributed by atoms with E-state index < -0.39 is 5.82 Å². The minimum absolute atomic E-state index is 0.290. The van der Waals surface area contributed by atoms with Crippen molar-refractivity contribution in [3.63, 3.8) is 0 Å². The molecule has 1 heterocycles. The molecule has 0 unspecified atom stereocenters. The lowest BCUT2D eigenvalue weighted by Crippen LogP contribution is -2.28. The van der Waals surface area contributed by atoms with Crippen molar-refractivity contribution in [3.05, 3.63) is 83.7 Å². The molecule has 1 aliphatic heterocycles. The molecule has 0 bridgehead atoms. The van der Waals surface area contributed by atoms with Crippen LogP contribution < -0.4 is 10.1 Å². The fraction of sp³-hybridized carbons (Fsp3) is 0.296. The van der Waals surface area contributed by atoms with E-state index in [0.29, 0.717) is 11.3 Å². The van der Waals surface area contributed by atoms with E-state index in [-0.39, 0.29) is 5.91 Å². The third kappa shape index (κ3) is 5.97. The summed E-state index contributed by atoms with van der Waals surface area (Å²) in [4.78, 5) is 17.2. The first-order valence-electron chi connectivity index (χ1n) is 11.3. The number of anilines is 1. The summed E-state index contributed by atoms with van der Waals surface area (Å²) in [5.74, 6) is 0.132. The topological polar surface area (TPSA) is 44.8 Å². The molecule has 5 nitrogen and oxygen atoms in total. The number of carbonyl (C=O) groups excluding carboxylic acids is 1. The van der Waals surface area contributed by atoms with E-state index in [0.717, 1.165) is 49.6 Å². The highest BCUT2D eigenvalue weighted by Crippen LogP contribution is 2.29. The largest absolute Gasteiger partial charge is 0.496 e. The van der Waals surface area contributed by atoms with Crippen molar-refractivity contribution in [2.24, 2.45) is 0 Å². The Balaban J connectivity index is 1.48. The van der Waals surface area contributed by atoms with Gasteiger partial charge in [-0.3, -0.25) is 9.69 Å². The van der Waals surface area contributed by atoms with Gasteiger partial charge in [0.25, 0.3) is 5.91 Å². The van der Waals surface area contributed by atoms with E-state index in [1.54, 1.807) is 13.2 Å². The van der Waals surface area contributed by atoms with E-state index in [1.165, 1.54) is 30.2 Å². The molecule has 0 aromatic heterocycles. The lowest BCUT2D eigenvalue weighted by Gasteiger charge is -2.22. The average molecular weight is 448 g/mol. The molecule has 4 rings (SSSR count). The molecule has 0 spiro atoms. The minimum atomic E-state index is -0.430. The smallest absolute Gasteiger partial charge is 0.255 e. The van der Waals surface area contributed by atoms with Crippen LogP contribution in [-0.2, 0) is 6.54 Å². The summed E-state index contributed by atoms with van der Waals surface area (Å²) in [7, 11) is 3.89. The summed E-state index contributed by atoms with van der Waals surface area (Å²) >= 11 is 0. The molecule has 1 N–H and O–H groups in total. The van der Waals surface area contributed by atoms with Crippen LogP contribution in [0.3, 0.4) is 0 Å². The summed E-state index contributed by atoms with van der Waals surface area (Å²) in [5, 5.41) is 2.82. The Labute approximate surface area is 194 Å². The lowest BCUT2D eigenvalue weighted by atomic mass is 10.0. The van der Waals surface area contributed by atoms with Gasteiger partial charge in [-0.1, -0.05) is 24.3 Å². The number of benzene rings is 3. The molecule has 1 saturated heterocycles. The van der Waals surface area contributed by atoms with Gasteiger partial charge in [0.05, 0.1) is 7.11 Å². The summed E-state index contributed by atoms with van der Waals surface area (Å²) in [6.07, 6.45) is 1.17. The second kappa shape index (κ2) is 10.6. The SMILES string of the molecule is COc1ccc(-c2ccc(NC(=O)c3cccc(F)c3)cc2)cc1CN1CCCN(C)CC1. The zero-order valence-electron chi connectivity index (χ0n) is 19.2. The van der Waals surface area contributed by atoms with Crippen LogP contribution in [0.25, 0.3) is 11.1 Å². The monoisotopic (exact) mass is 447 g/mol. The maximum absolute atomic E-state index is 13.4. The van der Waals surface area contributed by atoms with Crippen molar-refractivity contribution in [2.75, 3.05) is 45.7 Å². The molecule has 1 aliphatic rings. The van der Waals surface area contributed by atoms with E-state index in [1.807, 2.05) is 30.3 Å². The van der Waals surface area contributed by atoms with E-state index in [4.69, 9.17) is 4.74 Å². The molecule has 0 radical (unpaired) electrons. The number of ether oxygens (including phenoxy) is 1. The number of amides is 1. The van der Waals surface area contributed by atoms with E-state index in [2.05, 4.69) is 34.3 Å². The number of nitrogens with one attached hydrogen (secondary N) is 1. The molecule has 0 atom stereocenters. The number of halogens is 1. The van der Waals surface area contributed by atoms with Gasteiger partial charge >= 0.3 is 0 Å². The third-order valence-electron chi connectivity index (χ3n) is 6.05. The zero-order valence-corrected chi connectivity index (χ0v) is 19.2. The van der Waals surface area contributed by atoms with Gasteiger partial charge in [-0.2, -0.15) is 0 Å². The first-order valence-corrected chi connectivity index (χ1v) is 11.3. The van der Waals surface area contributed by atoms with Gasteiger partial charge < -0.3 is 15.0 Å². The number of hydrogen-bond acceptors (Lipinski definition) is 4. The fourth-order valence-corrected chi connectivity index (χ4v) is 4.16. The van der Waals surface area contributed by atoms with Crippen LogP contribution in [0.15, 0.2) is 66.7 Å². The molecule has 6 heteroatoms. The average Bonchev–Trinajstić information content (AvgIpc) is 3.03. The Morgan fingerprint density at radius 1 is 0.970 bits per heavy atom. The summed E-state index contributed by atoms with van der Waals surface area (Å²) in [6.45, 7) is 5.19. The van der Waals surface area contributed by atoms with Crippen LogP contribution >= 0.6 is 0 Å². The molecule has 0 saturated carbocycles. The molecular formula is C27H30FN3O2. The fourth-order valence-electron chi connectivity index (χ4n) is 4.16. The summed E-state index contributed by atoms with van der Waals surface area (Å²) < 4.78 is 19.0. The van der Waals surface area contributed by atoms with Gasteiger partial charge in [0.15, 0.2) is 0 Å². The van der Waals surface area contributed by atoms with Crippen molar-refractivity contribution in [2.45, 2.75) is 13.0 Å². The second-order valence-corrected chi connectivity index (χ2v) is 8.50. The number of rotatable bonds is 6. The first kappa shape index (κ1) is 23.0. The second-order valence-electron chi connectivity index (χ2n) is 8.50. The van der Waals surface area contributed by atoms with Crippen molar-refractivity contribution >= 4 is 11.6 Å². The number of hydrogen-bond donors (Lipinski definition) is 1. The predicted octanol–water partition coefficient (Wildman–Crippen LogP) is 4.89.